The zero-order chi connectivity index (χ0) is 14.5. The molecule has 0 saturated carbocycles. The minimum Gasteiger partial charge on any atom is -0.441 e. The van der Waals surface area contributed by atoms with Gasteiger partial charge in [0.05, 0.1) is 13.3 Å². The van der Waals surface area contributed by atoms with Crippen molar-refractivity contribution in [3.8, 4) is 11.3 Å². The first-order valence-electron chi connectivity index (χ1n) is 6.44. The summed E-state index contributed by atoms with van der Waals surface area (Å²) in [4.78, 5) is 20.0. The second-order valence-electron chi connectivity index (χ2n) is 4.65. The predicted molar refractivity (Wildman–Crippen MR) is 74.9 cm³/mol. The van der Waals surface area contributed by atoms with E-state index in [1.54, 1.807) is 6.20 Å². The number of hydroxylamine groups is 1. The van der Waals surface area contributed by atoms with Gasteiger partial charge in [0.15, 0.2) is 11.7 Å². The molecule has 1 amide bonds. The number of oxazole rings is 1. The zero-order valence-corrected chi connectivity index (χ0v) is 11.9. The summed E-state index contributed by atoms with van der Waals surface area (Å²) in [5.41, 5.74) is 5.70. The van der Waals surface area contributed by atoms with E-state index in [1.165, 1.54) is 18.2 Å². The van der Waals surface area contributed by atoms with Crippen molar-refractivity contribution in [1.82, 2.24) is 10.5 Å². The molecule has 0 spiro atoms. The second kappa shape index (κ2) is 6.34. The van der Waals surface area contributed by atoms with Gasteiger partial charge < -0.3 is 4.42 Å². The zero-order valence-electron chi connectivity index (χ0n) is 11.9. The molecule has 5 heteroatoms. The number of nitrogens with one attached hydrogen (secondary N) is 1. The van der Waals surface area contributed by atoms with Crippen LogP contribution in [0, 0.1) is 13.8 Å². The lowest BCUT2D eigenvalue weighted by atomic mass is 10.1. The summed E-state index contributed by atoms with van der Waals surface area (Å²) in [5.74, 6) is 1.07. The summed E-state index contributed by atoms with van der Waals surface area (Å²) < 4.78 is 5.66. The summed E-state index contributed by atoms with van der Waals surface area (Å²) in [6.45, 7) is 4.13. The molecule has 106 valence electrons. The number of carbonyl (C=O) groups is 1. The smallest absolute Gasteiger partial charge is 0.244 e. The Bertz CT molecular complexity index is 605. The minimum atomic E-state index is -0.196. The number of benzene rings is 1. The number of rotatable bonds is 5. The standard InChI is InChI=1S/C15H18N2O3/c1-10-4-5-12(8-11(10)2)13-9-16-15(20-13)7-6-14(18)17-19-3/h4-5,8-9H,6-7H2,1-3H3,(H,17,18). The van der Waals surface area contributed by atoms with E-state index >= 15 is 0 Å². The van der Waals surface area contributed by atoms with E-state index in [4.69, 9.17) is 4.42 Å². The molecule has 2 aromatic rings. The van der Waals surface area contributed by atoms with Gasteiger partial charge in [-0.1, -0.05) is 12.1 Å². The first kappa shape index (κ1) is 14.3. The van der Waals surface area contributed by atoms with E-state index in [2.05, 4.69) is 41.3 Å². The minimum absolute atomic E-state index is 0.196. The lowest BCUT2D eigenvalue weighted by Crippen LogP contribution is -2.21. The number of amides is 1. The van der Waals surface area contributed by atoms with Gasteiger partial charge in [0, 0.05) is 18.4 Å². The van der Waals surface area contributed by atoms with Crippen molar-refractivity contribution in [3.05, 3.63) is 41.4 Å². The maximum absolute atomic E-state index is 11.3. The topological polar surface area (TPSA) is 64.4 Å². The van der Waals surface area contributed by atoms with Crippen LogP contribution < -0.4 is 5.48 Å². The highest BCUT2D eigenvalue weighted by Crippen LogP contribution is 2.23. The molecule has 0 saturated heterocycles. The third kappa shape index (κ3) is 3.45. The van der Waals surface area contributed by atoms with Crippen molar-refractivity contribution in [2.75, 3.05) is 7.11 Å². The van der Waals surface area contributed by atoms with E-state index in [9.17, 15) is 4.79 Å². The quantitative estimate of drug-likeness (QED) is 0.851. The van der Waals surface area contributed by atoms with Crippen molar-refractivity contribution in [1.29, 1.82) is 0 Å². The number of aryl methyl sites for hydroxylation is 3. The van der Waals surface area contributed by atoms with E-state index in [0.717, 1.165) is 11.3 Å². The Kier molecular flexibility index (Phi) is 4.53. The summed E-state index contributed by atoms with van der Waals surface area (Å²) >= 11 is 0. The fourth-order valence-electron chi connectivity index (χ4n) is 1.84. The highest BCUT2D eigenvalue weighted by Gasteiger charge is 2.09. The molecule has 1 heterocycles. The van der Waals surface area contributed by atoms with Crippen LogP contribution in [0.15, 0.2) is 28.8 Å². The average Bonchev–Trinajstić information content (AvgIpc) is 2.89. The molecule has 0 bridgehead atoms. The first-order valence-corrected chi connectivity index (χ1v) is 6.44. The van der Waals surface area contributed by atoms with Crippen LogP contribution in [0.3, 0.4) is 0 Å². The molecule has 1 N–H and O–H groups in total. The van der Waals surface area contributed by atoms with Crippen LogP contribution in [-0.2, 0) is 16.1 Å². The molecule has 1 aromatic carbocycles. The van der Waals surface area contributed by atoms with Gasteiger partial charge >= 0.3 is 0 Å². The predicted octanol–water partition coefficient (Wildman–Crippen LogP) is 2.57. The third-order valence-electron chi connectivity index (χ3n) is 3.13. The monoisotopic (exact) mass is 274 g/mol. The molecule has 0 unspecified atom stereocenters. The largest absolute Gasteiger partial charge is 0.441 e. The molecule has 0 aliphatic rings. The Morgan fingerprint density at radius 1 is 1.35 bits per heavy atom. The molecule has 0 aliphatic heterocycles. The average molecular weight is 274 g/mol. The molecular weight excluding hydrogens is 256 g/mol. The SMILES string of the molecule is CONC(=O)CCc1ncc(-c2ccc(C)c(C)c2)o1. The maximum atomic E-state index is 11.3. The van der Waals surface area contributed by atoms with Crippen molar-refractivity contribution in [3.63, 3.8) is 0 Å². The van der Waals surface area contributed by atoms with Crippen molar-refractivity contribution in [2.45, 2.75) is 26.7 Å². The van der Waals surface area contributed by atoms with Gasteiger partial charge in [-0.05, 0) is 31.0 Å². The van der Waals surface area contributed by atoms with E-state index in [0.29, 0.717) is 12.3 Å². The highest BCUT2D eigenvalue weighted by atomic mass is 16.6. The van der Waals surface area contributed by atoms with Crippen molar-refractivity contribution >= 4 is 5.91 Å². The molecule has 1 aromatic heterocycles. The number of aromatic nitrogens is 1. The highest BCUT2D eigenvalue weighted by molar-refractivity contribution is 5.74. The molecule has 0 atom stereocenters. The van der Waals surface area contributed by atoms with Crippen LogP contribution in [0.4, 0.5) is 0 Å². The Morgan fingerprint density at radius 3 is 2.85 bits per heavy atom. The molecule has 2 rings (SSSR count). The maximum Gasteiger partial charge on any atom is 0.244 e. The first-order chi connectivity index (χ1) is 9.60. The third-order valence-corrected chi connectivity index (χ3v) is 3.13. The summed E-state index contributed by atoms with van der Waals surface area (Å²) in [6, 6.07) is 6.13. The fourth-order valence-corrected chi connectivity index (χ4v) is 1.84. The van der Waals surface area contributed by atoms with Crippen LogP contribution in [0.1, 0.15) is 23.4 Å². The van der Waals surface area contributed by atoms with Crippen LogP contribution in [0.25, 0.3) is 11.3 Å². The number of hydrogen-bond donors (Lipinski definition) is 1. The molecule has 20 heavy (non-hydrogen) atoms. The van der Waals surface area contributed by atoms with Crippen LogP contribution in [0.5, 0.6) is 0 Å². The van der Waals surface area contributed by atoms with Crippen LogP contribution in [0.2, 0.25) is 0 Å². The van der Waals surface area contributed by atoms with Gasteiger partial charge in [-0.15, -0.1) is 0 Å². The van der Waals surface area contributed by atoms with Gasteiger partial charge in [-0.2, -0.15) is 0 Å². The van der Waals surface area contributed by atoms with E-state index in [-0.39, 0.29) is 12.3 Å². The molecular formula is C15H18N2O3. The molecule has 0 fully saturated rings. The summed E-state index contributed by atoms with van der Waals surface area (Å²) in [6.07, 6.45) is 2.41. The molecule has 0 aliphatic carbocycles. The Balaban J connectivity index is 2.05. The number of nitrogens with zero attached hydrogens (tertiary/aromatic N) is 1. The van der Waals surface area contributed by atoms with E-state index < -0.39 is 0 Å². The number of hydrogen-bond acceptors (Lipinski definition) is 4. The van der Waals surface area contributed by atoms with Gasteiger partial charge in [0.1, 0.15) is 0 Å². The lowest BCUT2D eigenvalue weighted by Gasteiger charge is -2.02. The normalized spacial score (nSPS) is 10.6. The van der Waals surface area contributed by atoms with Crippen LogP contribution >= 0.6 is 0 Å². The van der Waals surface area contributed by atoms with Crippen molar-refractivity contribution in [2.24, 2.45) is 0 Å². The Labute approximate surface area is 117 Å². The lowest BCUT2D eigenvalue weighted by molar-refractivity contribution is -0.131. The van der Waals surface area contributed by atoms with Crippen LogP contribution in [-0.4, -0.2) is 18.0 Å². The van der Waals surface area contributed by atoms with Crippen molar-refractivity contribution < 1.29 is 14.0 Å². The van der Waals surface area contributed by atoms with Gasteiger partial charge in [0.2, 0.25) is 5.91 Å². The fraction of sp³-hybridized carbons (Fsp3) is 0.333. The second-order valence-corrected chi connectivity index (χ2v) is 4.65. The summed E-state index contributed by atoms with van der Waals surface area (Å²) in [7, 11) is 1.40. The van der Waals surface area contributed by atoms with Gasteiger partial charge in [0.25, 0.3) is 0 Å². The summed E-state index contributed by atoms with van der Waals surface area (Å²) in [5, 5.41) is 0. The molecule has 5 nitrogen and oxygen atoms in total. The number of carbonyl (C=O) groups excluding carboxylic acids is 1. The Morgan fingerprint density at radius 2 is 2.15 bits per heavy atom. The van der Waals surface area contributed by atoms with Gasteiger partial charge in [-0.3, -0.25) is 9.63 Å². The molecule has 0 radical (unpaired) electrons. The Hall–Kier alpha value is -2.14. The van der Waals surface area contributed by atoms with E-state index in [1.807, 2.05) is 6.07 Å². The van der Waals surface area contributed by atoms with Gasteiger partial charge in [-0.25, -0.2) is 10.5 Å².